The van der Waals surface area contributed by atoms with Gasteiger partial charge in [-0.25, -0.2) is 0 Å². The van der Waals surface area contributed by atoms with E-state index in [4.69, 9.17) is 4.74 Å². The molecule has 2 heteroatoms. The van der Waals surface area contributed by atoms with Crippen LogP contribution in [-0.2, 0) is 16.4 Å². The first-order valence-corrected chi connectivity index (χ1v) is 11.2. The Morgan fingerprint density at radius 2 is 1.65 bits per heavy atom. The zero-order chi connectivity index (χ0) is 18.8. The van der Waals surface area contributed by atoms with Crippen molar-refractivity contribution in [3.8, 4) is 11.1 Å². The maximum absolute atomic E-state index is 6.78. The third kappa shape index (κ3) is 4.13. The summed E-state index contributed by atoms with van der Waals surface area (Å²) in [6.07, 6.45) is 7.36. The average molecular weight is 367 g/mol. The van der Waals surface area contributed by atoms with E-state index >= 15 is 0 Å². The van der Waals surface area contributed by atoms with Crippen molar-refractivity contribution in [3.63, 3.8) is 0 Å². The van der Waals surface area contributed by atoms with Crippen molar-refractivity contribution >= 4 is 10.2 Å². The molecule has 0 fully saturated rings. The Kier molecular flexibility index (Phi) is 5.74. The van der Waals surface area contributed by atoms with Gasteiger partial charge in [-0.05, 0) is 61.4 Å². The minimum atomic E-state index is -0.124. The lowest BCUT2D eigenvalue weighted by molar-refractivity contribution is -0.0943. The highest BCUT2D eigenvalue weighted by Gasteiger charge is 2.35. The van der Waals surface area contributed by atoms with Gasteiger partial charge in [0.05, 0.1) is 10.8 Å². The normalized spacial score (nSPS) is 15.5. The molecule has 2 aromatic carbocycles. The van der Waals surface area contributed by atoms with Crippen LogP contribution in [0.15, 0.2) is 42.5 Å². The second kappa shape index (κ2) is 7.70. The van der Waals surface area contributed by atoms with Crippen LogP contribution < -0.4 is 0 Å². The zero-order valence-electron chi connectivity index (χ0n) is 17.2. The first-order valence-electron chi connectivity index (χ1n) is 10.2. The summed E-state index contributed by atoms with van der Waals surface area (Å²) in [5.41, 5.74) is 7.12. The van der Waals surface area contributed by atoms with Gasteiger partial charge in [-0.3, -0.25) is 0 Å². The fourth-order valence-corrected chi connectivity index (χ4v) is 5.89. The molecule has 1 nitrogen and oxygen atoms in total. The van der Waals surface area contributed by atoms with Gasteiger partial charge in [0.15, 0.2) is 0 Å². The van der Waals surface area contributed by atoms with Gasteiger partial charge >= 0.3 is 0 Å². The minimum absolute atomic E-state index is 0.0978. The van der Waals surface area contributed by atoms with E-state index in [1.165, 1.54) is 53.5 Å². The fraction of sp³-hybridized carbons (Fsp3) is 0.500. The molecule has 140 valence electrons. The Hall–Kier alpha value is -1.38. The number of hydrogen-bond donors (Lipinski definition) is 0. The van der Waals surface area contributed by atoms with E-state index in [1.54, 1.807) is 0 Å². The number of fused-ring (bicyclic) bond motifs is 3. The van der Waals surface area contributed by atoms with Crippen molar-refractivity contribution in [2.45, 2.75) is 77.0 Å². The third-order valence-corrected chi connectivity index (χ3v) is 6.70. The van der Waals surface area contributed by atoms with Gasteiger partial charge < -0.3 is 4.74 Å². The van der Waals surface area contributed by atoms with E-state index in [-0.39, 0.29) is 10.8 Å². The lowest BCUT2D eigenvalue weighted by Gasteiger charge is -2.39. The second-order valence-electron chi connectivity index (χ2n) is 8.92. The SMILES string of the molecule is CCCCCCC([SiH3])(OC(C)(C)C)c1cccc2c1Cc1ccccc1-2. The Labute approximate surface area is 162 Å². The van der Waals surface area contributed by atoms with E-state index in [2.05, 4.69) is 70.2 Å². The van der Waals surface area contributed by atoms with Crippen LogP contribution >= 0.6 is 0 Å². The minimum Gasteiger partial charge on any atom is -0.369 e. The van der Waals surface area contributed by atoms with Gasteiger partial charge in [-0.15, -0.1) is 0 Å². The molecule has 0 saturated heterocycles. The summed E-state index contributed by atoms with van der Waals surface area (Å²) in [6, 6.07) is 15.7. The standard InChI is InChI=1S/C24H34OSi/c1-5-6-7-10-16-24(26,25-23(2,3)4)22-15-11-14-20-19-13-9-8-12-18(19)17-21(20)22/h8-9,11-15H,5-7,10,16-17H2,1-4,26H3. The molecule has 0 saturated carbocycles. The van der Waals surface area contributed by atoms with Crippen molar-refractivity contribution in [3.05, 3.63) is 59.2 Å². The Morgan fingerprint density at radius 3 is 2.38 bits per heavy atom. The van der Waals surface area contributed by atoms with Crippen LogP contribution in [0.3, 0.4) is 0 Å². The quantitative estimate of drug-likeness (QED) is 0.393. The van der Waals surface area contributed by atoms with E-state index < -0.39 is 0 Å². The summed E-state index contributed by atoms with van der Waals surface area (Å²) in [5.74, 6) is 0. The highest BCUT2D eigenvalue weighted by molar-refractivity contribution is 6.15. The van der Waals surface area contributed by atoms with Crippen molar-refractivity contribution in [2.75, 3.05) is 0 Å². The molecular formula is C24H34OSi. The topological polar surface area (TPSA) is 9.23 Å². The molecule has 0 bridgehead atoms. The average Bonchev–Trinajstić information content (AvgIpc) is 2.96. The molecule has 0 spiro atoms. The van der Waals surface area contributed by atoms with Crippen LogP contribution in [0.5, 0.6) is 0 Å². The highest BCUT2D eigenvalue weighted by atomic mass is 28.1. The number of unbranched alkanes of at least 4 members (excludes halogenated alkanes) is 3. The summed E-state index contributed by atoms with van der Waals surface area (Å²) in [6.45, 7) is 8.87. The summed E-state index contributed by atoms with van der Waals surface area (Å²) in [7, 11) is 1.01. The first kappa shape index (κ1) is 19.4. The van der Waals surface area contributed by atoms with Crippen LogP contribution in [0.1, 0.15) is 76.5 Å². The smallest absolute Gasteiger partial charge is 0.0733 e. The lowest BCUT2D eigenvalue weighted by atomic mass is 9.93. The van der Waals surface area contributed by atoms with Crippen molar-refractivity contribution in [1.82, 2.24) is 0 Å². The van der Waals surface area contributed by atoms with Gasteiger partial charge in [-0.1, -0.05) is 75.1 Å². The summed E-state index contributed by atoms with van der Waals surface area (Å²) < 4.78 is 6.78. The number of benzene rings is 2. The maximum atomic E-state index is 6.78. The Morgan fingerprint density at radius 1 is 0.923 bits per heavy atom. The molecule has 1 aliphatic rings. The zero-order valence-corrected chi connectivity index (χ0v) is 19.2. The number of rotatable bonds is 7. The monoisotopic (exact) mass is 366 g/mol. The van der Waals surface area contributed by atoms with Crippen LogP contribution in [0.4, 0.5) is 0 Å². The van der Waals surface area contributed by atoms with E-state index in [9.17, 15) is 0 Å². The molecule has 0 aliphatic heterocycles. The summed E-state index contributed by atoms with van der Waals surface area (Å²) in [4.78, 5) is 0. The molecule has 26 heavy (non-hydrogen) atoms. The van der Waals surface area contributed by atoms with Gasteiger partial charge in [0, 0.05) is 10.2 Å². The lowest BCUT2D eigenvalue weighted by Crippen LogP contribution is -2.39. The molecule has 1 aliphatic carbocycles. The second-order valence-corrected chi connectivity index (χ2v) is 10.5. The molecule has 0 N–H and O–H groups in total. The molecule has 0 amide bonds. The van der Waals surface area contributed by atoms with E-state index in [0.29, 0.717) is 0 Å². The molecule has 1 unspecified atom stereocenters. The van der Waals surface area contributed by atoms with Crippen LogP contribution in [-0.4, -0.2) is 15.8 Å². The molecular weight excluding hydrogens is 332 g/mol. The van der Waals surface area contributed by atoms with Crippen LogP contribution in [0, 0.1) is 0 Å². The summed E-state index contributed by atoms with van der Waals surface area (Å²) >= 11 is 0. The predicted molar refractivity (Wildman–Crippen MR) is 116 cm³/mol. The van der Waals surface area contributed by atoms with E-state index in [0.717, 1.165) is 23.1 Å². The van der Waals surface area contributed by atoms with Gasteiger partial charge in [0.2, 0.25) is 0 Å². The molecule has 0 radical (unpaired) electrons. The molecule has 0 heterocycles. The molecule has 3 rings (SSSR count). The Balaban J connectivity index is 1.97. The van der Waals surface area contributed by atoms with Gasteiger partial charge in [0.1, 0.15) is 0 Å². The third-order valence-electron chi connectivity index (χ3n) is 5.46. The number of ether oxygens (including phenoxy) is 1. The number of hydrogen-bond acceptors (Lipinski definition) is 1. The van der Waals surface area contributed by atoms with Crippen molar-refractivity contribution in [2.24, 2.45) is 0 Å². The molecule has 2 aromatic rings. The van der Waals surface area contributed by atoms with Gasteiger partial charge in [0.25, 0.3) is 0 Å². The Bertz CT molecular complexity index is 759. The van der Waals surface area contributed by atoms with Crippen molar-refractivity contribution in [1.29, 1.82) is 0 Å². The largest absolute Gasteiger partial charge is 0.369 e. The summed E-state index contributed by atoms with van der Waals surface area (Å²) in [5, 5.41) is -0.0978. The van der Waals surface area contributed by atoms with Crippen LogP contribution in [0.2, 0.25) is 0 Å². The maximum Gasteiger partial charge on any atom is 0.0733 e. The predicted octanol–water partition coefficient (Wildman–Crippen LogP) is 5.56. The molecule has 0 aromatic heterocycles. The van der Waals surface area contributed by atoms with Crippen molar-refractivity contribution < 1.29 is 4.74 Å². The van der Waals surface area contributed by atoms with Gasteiger partial charge in [-0.2, -0.15) is 0 Å². The van der Waals surface area contributed by atoms with Crippen LogP contribution in [0.25, 0.3) is 11.1 Å². The highest BCUT2D eigenvalue weighted by Crippen LogP contribution is 2.43. The van der Waals surface area contributed by atoms with E-state index in [1.807, 2.05) is 0 Å². The first-order chi connectivity index (χ1) is 12.3. The fourth-order valence-electron chi connectivity index (χ4n) is 4.46. The molecule has 1 atom stereocenters.